The van der Waals surface area contributed by atoms with Crippen LogP contribution in [-0.2, 0) is 5.75 Å². The van der Waals surface area contributed by atoms with Crippen LogP contribution in [0.2, 0.25) is 5.02 Å². The van der Waals surface area contributed by atoms with Crippen LogP contribution in [0.5, 0.6) is 5.75 Å². The van der Waals surface area contributed by atoms with E-state index in [-0.39, 0.29) is 0 Å². The molecule has 0 N–H and O–H groups in total. The summed E-state index contributed by atoms with van der Waals surface area (Å²) in [6, 6.07) is 22.1. The highest BCUT2D eigenvalue weighted by Gasteiger charge is 2.14. The normalized spacial score (nSPS) is 11.1. The van der Waals surface area contributed by atoms with Gasteiger partial charge in [-0.2, -0.15) is 0 Å². The first-order chi connectivity index (χ1) is 13.1. The van der Waals surface area contributed by atoms with E-state index in [2.05, 4.69) is 26.6 Å². The van der Waals surface area contributed by atoms with Crippen LogP contribution in [0, 0.1) is 0 Å². The fourth-order valence-corrected chi connectivity index (χ4v) is 4.30. The summed E-state index contributed by atoms with van der Waals surface area (Å²) in [5.41, 5.74) is 4.29. The van der Waals surface area contributed by atoms with Crippen LogP contribution in [0.25, 0.3) is 16.7 Å². The third-order valence-corrected chi connectivity index (χ3v) is 5.95. The molecule has 0 saturated heterocycles. The van der Waals surface area contributed by atoms with Crippen molar-refractivity contribution in [1.82, 2.24) is 9.55 Å². The first-order valence-corrected chi connectivity index (χ1v) is 10.5. The van der Waals surface area contributed by atoms with Crippen LogP contribution >= 0.6 is 39.3 Å². The molecule has 0 radical (unpaired) electrons. The SMILES string of the molecule is COc1ccc(-n2c(SCc3ccc(Cl)cc3)nc3cc(Br)ccc32)cc1. The van der Waals surface area contributed by atoms with Gasteiger partial charge >= 0.3 is 0 Å². The molecule has 0 amide bonds. The lowest BCUT2D eigenvalue weighted by Crippen LogP contribution is -1.97. The number of rotatable bonds is 5. The van der Waals surface area contributed by atoms with Gasteiger partial charge in [-0.05, 0) is 60.2 Å². The Kier molecular flexibility index (Phi) is 5.43. The first-order valence-electron chi connectivity index (χ1n) is 8.34. The Bertz CT molecular complexity index is 1080. The number of nitrogens with zero attached hydrogens (tertiary/aromatic N) is 2. The molecule has 3 nitrogen and oxygen atoms in total. The van der Waals surface area contributed by atoms with E-state index in [1.807, 2.05) is 60.7 Å². The second kappa shape index (κ2) is 7.97. The molecule has 0 aliphatic heterocycles. The molecule has 3 aromatic carbocycles. The number of hydrogen-bond donors (Lipinski definition) is 0. The number of benzene rings is 3. The van der Waals surface area contributed by atoms with Gasteiger partial charge in [0, 0.05) is 20.9 Å². The zero-order valence-electron chi connectivity index (χ0n) is 14.5. The predicted octanol–water partition coefficient (Wildman–Crippen LogP) is 6.74. The first kappa shape index (κ1) is 18.4. The van der Waals surface area contributed by atoms with E-state index < -0.39 is 0 Å². The average molecular weight is 460 g/mol. The Balaban J connectivity index is 1.74. The number of fused-ring (bicyclic) bond motifs is 1. The average Bonchev–Trinajstić information content (AvgIpc) is 3.05. The minimum Gasteiger partial charge on any atom is -0.497 e. The van der Waals surface area contributed by atoms with Crippen molar-refractivity contribution in [2.75, 3.05) is 7.11 Å². The summed E-state index contributed by atoms with van der Waals surface area (Å²) in [6.07, 6.45) is 0. The van der Waals surface area contributed by atoms with Gasteiger partial charge in [-0.3, -0.25) is 4.57 Å². The number of aromatic nitrogens is 2. The smallest absolute Gasteiger partial charge is 0.174 e. The molecule has 0 fully saturated rings. The number of hydrogen-bond acceptors (Lipinski definition) is 3. The third-order valence-electron chi connectivity index (χ3n) is 4.20. The summed E-state index contributed by atoms with van der Waals surface area (Å²) >= 11 is 11.2. The standard InChI is InChI=1S/C21H16BrClN2OS/c1-26-18-9-7-17(8-10-18)25-20-11-4-15(22)12-19(20)24-21(25)27-13-14-2-5-16(23)6-3-14/h2-12H,13H2,1H3. The van der Waals surface area contributed by atoms with Gasteiger partial charge in [0.05, 0.1) is 18.1 Å². The fraction of sp³-hybridized carbons (Fsp3) is 0.0952. The van der Waals surface area contributed by atoms with E-state index >= 15 is 0 Å². The van der Waals surface area contributed by atoms with E-state index in [9.17, 15) is 0 Å². The number of imidazole rings is 1. The van der Waals surface area contributed by atoms with Crippen molar-refractivity contribution in [3.05, 3.63) is 81.8 Å². The van der Waals surface area contributed by atoms with Crippen molar-refractivity contribution < 1.29 is 4.74 Å². The molecule has 0 spiro atoms. The quantitative estimate of drug-likeness (QED) is 0.309. The van der Waals surface area contributed by atoms with Crippen LogP contribution in [0.3, 0.4) is 0 Å². The van der Waals surface area contributed by atoms with Crippen LogP contribution in [0.1, 0.15) is 5.56 Å². The van der Waals surface area contributed by atoms with Gasteiger partial charge in [0.1, 0.15) is 5.75 Å². The van der Waals surface area contributed by atoms with Crippen molar-refractivity contribution >= 4 is 50.3 Å². The van der Waals surface area contributed by atoms with E-state index in [1.54, 1.807) is 18.9 Å². The Labute approximate surface area is 175 Å². The maximum absolute atomic E-state index is 5.99. The molecule has 0 saturated carbocycles. The molecule has 0 atom stereocenters. The molecular weight excluding hydrogens is 444 g/mol. The molecule has 0 aliphatic carbocycles. The molecule has 0 aliphatic rings. The molecule has 1 aromatic heterocycles. The van der Waals surface area contributed by atoms with Crippen LogP contribution < -0.4 is 4.74 Å². The van der Waals surface area contributed by atoms with Gasteiger partial charge in [0.25, 0.3) is 0 Å². The fourth-order valence-electron chi connectivity index (χ4n) is 2.84. The maximum atomic E-state index is 5.99. The number of thioether (sulfide) groups is 1. The van der Waals surface area contributed by atoms with E-state index in [0.29, 0.717) is 0 Å². The largest absolute Gasteiger partial charge is 0.497 e. The van der Waals surface area contributed by atoms with Crippen molar-refractivity contribution in [3.8, 4) is 11.4 Å². The summed E-state index contributed by atoms with van der Waals surface area (Å²) in [4.78, 5) is 4.86. The summed E-state index contributed by atoms with van der Waals surface area (Å²) in [6.45, 7) is 0. The molecule has 1 heterocycles. The third kappa shape index (κ3) is 4.00. The summed E-state index contributed by atoms with van der Waals surface area (Å²) in [7, 11) is 1.67. The summed E-state index contributed by atoms with van der Waals surface area (Å²) < 4.78 is 8.49. The van der Waals surface area contributed by atoms with Gasteiger partial charge in [-0.25, -0.2) is 4.98 Å². The summed E-state index contributed by atoms with van der Waals surface area (Å²) in [5.74, 6) is 1.65. The molecule has 27 heavy (non-hydrogen) atoms. The van der Waals surface area contributed by atoms with E-state index in [0.717, 1.165) is 42.9 Å². The predicted molar refractivity (Wildman–Crippen MR) is 116 cm³/mol. The van der Waals surface area contributed by atoms with Gasteiger partial charge in [0.2, 0.25) is 0 Å². The topological polar surface area (TPSA) is 27.1 Å². The van der Waals surface area contributed by atoms with Gasteiger partial charge in [-0.15, -0.1) is 0 Å². The molecule has 0 unspecified atom stereocenters. The van der Waals surface area contributed by atoms with Crippen molar-refractivity contribution in [3.63, 3.8) is 0 Å². The second-order valence-electron chi connectivity index (χ2n) is 5.98. The van der Waals surface area contributed by atoms with Crippen molar-refractivity contribution in [2.24, 2.45) is 0 Å². The molecule has 6 heteroatoms. The Morgan fingerprint density at radius 1 is 1.04 bits per heavy atom. The minimum atomic E-state index is 0.749. The highest BCUT2D eigenvalue weighted by Crippen LogP contribution is 2.32. The van der Waals surface area contributed by atoms with Gasteiger partial charge in [-0.1, -0.05) is 51.4 Å². The molecule has 4 rings (SSSR count). The maximum Gasteiger partial charge on any atom is 0.174 e. The lowest BCUT2D eigenvalue weighted by Gasteiger charge is -2.10. The second-order valence-corrected chi connectivity index (χ2v) is 8.27. The zero-order chi connectivity index (χ0) is 18.8. The molecule has 4 aromatic rings. The van der Waals surface area contributed by atoms with Gasteiger partial charge in [0.15, 0.2) is 5.16 Å². The van der Waals surface area contributed by atoms with E-state index in [4.69, 9.17) is 21.3 Å². The lowest BCUT2D eigenvalue weighted by atomic mass is 10.2. The highest BCUT2D eigenvalue weighted by atomic mass is 79.9. The number of ether oxygens (including phenoxy) is 1. The van der Waals surface area contributed by atoms with Gasteiger partial charge < -0.3 is 4.74 Å². The van der Waals surface area contributed by atoms with E-state index in [1.165, 1.54) is 5.56 Å². The zero-order valence-corrected chi connectivity index (χ0v) is 17.7. The minimum absolute atomic E-state index is 0.749. The monoisotopic (exact) mass is 458 g/mol. The number of halogens is 2. The molecule has 0 bridgehead atoms. The van der Waals surface area contributed by atoms with Crippen LogP contribution in [-0.4, -0.2) is 16.7 Å². The lowest BCUT2D eigenvalue weighted by molar-refractivity contribution is 0.414. The highest BCUT2D eigenvalue weighted by molar-refractivity contribution is 9.10. The Hall–Kier alpha value is -1.95. The molecule has 136 valence electrons. The van der Waals surface area contributed by atoms with Crippen molar-refractivity contribution in [2.45, 2.75) is 10.9 Å². The van der Waals surface area contributed by atoms with Crippen LogP contribution in [0.4, 0.5) is 0 Å². The number of methoxy groups -OCH3 is 1. The van der Waals surface area contributed by atoms with Crippen LogP contribution in [0.15, 0.2) is 76.4 Å². The molecular formula is C21H16BrClN2OS. The van der Waals surface area contributed by atoms with Crippen molar-refractivity contribution in [1.29, 1.82) is 0 Å². The summed E-state index contributed by atoms with van der Waals surface area (Å²) in [5, 5.41) is 1.70. The Morgan fingerprint density at radius 2 is 1.78 bits per heavy atom. The Morgan fingerprint density at radius 3 is 2.48 bits per heavy atom.